The predicted octanol–water partition coefficient (Wildman–Crippen LogP) is 5.17. The first-order valence-electron chi connectivity index (χ1n) is 11.0. The fourth-order valence-electron chi connectivity index (χ4n) is 4.43. The topological polar surface area (TPSA) is 69.1 Å². The smallest absolute Gasteiger partial charge is 0.0862 e. The summed E-state index contributed by atoms with van der Waals surface area (Å²) in [6.07, 6.45) is 1.72. The van der Waals surface area contributed by atoms with Gasteiger partial charge >= 0.3 is 0 Å². The lowest BCUT2D eigenvalue weighted by Crippen LogP contribution is -2.02. The molecule has 0 aromatic heterocycles. The standard InChI is InChI=1S/C28H26N2OS/c29-13-11-19-3-1-5-21(15-19)23-7-9-27-25(17-23)26-18-24(8-10-28(26)32(27)31)22-6-2-4-20(16-22)12-14-30/h1-10,15-18H,11-14,29-30H2. The summed E-state index contributed by atoms with van der Waals surface area (Å²) in [6.45, 7) is 1.27. The molecule has 0 amide bonds. The Morgan fingerprint density at radius 1 is 0.562 bits per heavy atom. The molecule has 0 saturated heterocycles. The van der Waals surface area contributed by atoms with E-state index in [-0.39, 0.29) is 0 Å². The SMILES string of the molecule is NCCc1cccc(-c2ccc3c(c2)-c2cc(-c4cccc(CCN)c4)ccc2S3=O)c1. The molecule has 1 aliphatic heterocycles. The lowest BCUT2D eigenvalue weighted by Gasteiger charge is -2.09. The van der Waals surface area contributed by atoms with Gasteiger partial charge in [-0.1, -0.05) is 60.7 Å². The second kappa shape index (κ2) is 8.83. The third-order valence-corrected chi connectivity index (χ3v) is 7.55. The Hall–Kier alpha value is -3.05. The average molecular weight is 439 g/mol. The molecule has 1 heterocycles. The lowest BCUT2D eigenvalue weighted by molar-refractivity contribution is 0.685. The highest BCUT2D eigenvalue weighted by Gasteiger charge is 2.26. The molecule has 32 heavy (non-hydrogen) atoms. The molecular weight excluding hydrogens is 412 g/mol. The van der Waals surface area contributed by atoms with E-state index < -0.39 is 10.8 Å². The molecule has 0 saturated carbocycles. The molecule has 0 aliphatic carbocycles. The first-order chi connectivity index (χ1) is 15.7. The van der Waals surface area contributed by atoms with E-state index in [1.54, 1.807) is 0 Å². The van der Waals surface area contributed by atoms with Gasteiger partial charge in [-0.05, 0) is 83.6 Å². The van der Waals surface area contributed by atoms with Crippen LogP contribution in [0.15, 0.2) is 94.7 Å². The largest absolute Gasteiger partial charge is 0.330 e. The van der Waals surface area contributed by atoms with Crippen LogP contribution in [0, 0.1) is 0 Å². The molecule has 4 N–H and O–H groups in total. The van der Waals surface area contributed by atoms with Crippen LogP contribution in [0.2, 0.25) is 0 Å². The van der Waals surface area contributed by atoms with Gasteiger partial charge in [0, 0.05) is 11.1 Å². The normalized spacial score (nSPS) is 12.6. The average Bonchev–Trinajstić information content (AvgIpc) is 3.11. The molecule has 5 rings (SSSR count). The number of fused-ring (bicyclic) bond motifs is 3. The number of nitrogens with two attached hydrogens (primary N) is 2. The molecule has 0 atom stereocenters. The zero-order chi connectivity index (χ0) is 22.1. The van der Waals surface area contributed by atoms with Crippen molar-refractivity contribution in [1.29, 1.82) is 0 Å². The Morgan fingerprint density at radius 2 is 1.00 bits per heavy atom. The van der Waals surface area contributed by atoms with Gasteiger partial charge in [-0.2, -0.15) is 0 Å². The molecule has 0 bridgehead atoms. The van der Waals surface area contributed by atoms with Gasteiger partial charge in [0.25, 0.3) is 0 Å². The highest BCUT2D eigenvalue weighted by molar-refractivity contribution is 7.85. The fraction of sp³-hybridized carbons (Fsp3) is 0.143. The van der Waals surface area contributed by atoms with Crippen LogP contribution in [-0.2, 0) is 23.6 Å². The Balaban J connectivity index is 1.58. The summed E-state index contributed by atoms with van der Waals surface area (Å²) >= 11 is 0. The molecule has 0 spiro atoms. The van der Waals surface area contributed by atoms with E-state index in [9.17, 15) is 4.21 Å². The van der Waals surface area contributed by atoms with E-state index >= 15 is 0 Å². The van der Waals surface area contributed by atoms with Gasteiger partial charge < -0.3 is 11.5 Å². The van der Waals surface area contributed by atoms with Crippen LogP contribution in [0.1, 0.15) is 11.1 Å². The van der Waals surface area contributed by atoms with Crippen LogP contribution in [0.3, 0.4) is 0 Å². The Labute approximate surface area is 191 Å². The maximum atomic E-state index is 13.1. The molecule has 160 valence electrons. The molecule has 4 aromatic rings. The Bertz CT molecular complexity index is 1230. The molecule has 0 unspecified atom stereocenters. The second-order valence-electron chi connectivity index (χ2n) is 8.17. The third kappa shape index (κ3) is 3.82. The van der Waals surface area contributed by atoms with Gasteiger partial charge in [0.1, 0.15) is 0 Å². The Morgan fingerprint density at radius 3 is 1.44 bits per heavy atom. The zero-order valence-corrected chi connectivity index (χ0v) is 18.7. The summed E-state index contributed by atoms with van der Waals surface area (Å²) in [4.78, 5) is 1.77. The van der Waals surface area contributed by atoms with Crippen molar-refractivity contribution in [3.8, 4) is 33.4 Å². The zero-order valence-electron chi connectivity index (χ0n) is 17.9. The summed E-state index contributed by atoms with van der Waals surface area (Å²) in [5.41, 5.74) is 20.6. The van der Waals surface area contributed by atoms with E-state index in [0.29, 0.717) is 13.1 Å². The lowest BCUT2D eigenvalue weighted by atomic mass is 9.95. The van der Waals surface area contributed by atoms with Crippen molar-refractivity contribution in [1.82, 2.24) is 0 Å². The maximum absolute atomic E-state index is 13.1. The maximum Gasteiger partial charge on any atom is 0.0862 e. The minimum atomic E-state index is -1.15. The van der Waals surface area contributed by atoms with Gasteiger partial charge in [-0.15, -0.1) is 0 Å². The molecular formula is C28H26N2OS. The third-order valence-electron chi connectivity index (χ3n) is 6.04. The predicted molar refractivity (Wildman–Crippen MR) is 133 cm³/mol. The Kier molecular flexibility index (Phi) is 5.75. The number of benzene rings is 4. The van der Waals surface area contributed by atoms with Crippen LogP contribution in [0.5, 0.6) is 0 Å². The van der Waals surface area contributed by atoms with Crippen molar-refractivity contribution in [3.63, 3.8) is 0 Å². The van der Waals surface area contributed by atoms with Gasteiger partial charge in [-0.25, -0.2) is 4.21 Å². The van der Waals surface area contributed by atoms with Gasteiger partial charge in [0.2, 0.25) is 0 Å². The van der Waals surface area contributed by atoms with E-state index in [2.05, 4.69) is 72.8 Å². The molecule has 4 aromatic carbocycles. The monoisotopic (exact) mass is 438 g/mol. The van der Waals surface area contributed by atoms with Crippen molar-refractivity contribution in [3.05, 3.63) is 96.1 Å². The molecule has 0 radical (unpaired) electrons. The summed E-state index contributed by atoms with van der Waals surface area (Å²) in [7, 11) is -1.15. The van der Waals surface area contributed by atoms with Crippen molar-refractivity contribution >= 4 is 10.8 Å². The number of hydrogen-bond donors (Lipinski definition) is 2. The van der Waals surface area contributed by atoms with Crippen LogP contribution in [0.25, 0.3) is 33.4 Å². The van der Waals surface area contributed by atoms with E-state index in [4.69, 9.17) is 11.5 Å². The van der Waals surface area contributed by atoms with Gasteiger partial charge in [0.15, 0.2) is 0 Å². The summed E-state index contributed by atoms with van der Waals surface area (Å²) in [5.74, 6) is 0. The second-order valence-corrected chi connectivity index (χ2v) is 9.59. The van der Waals surface area contributed by atoms with Gasteiger partial charge in [-0.3, -0.25) is 0 Å². The van der Waals surface area contributed by atoms with Crippen LogP contribution < -0.4 is 11.5 Å². The van der Waals surface area contributed by atoms with E-state index in [1.807, 2.05) is 12.1 Å². The van der Waals surface area contributed by atoms with Crippen LogP contribution in [-0.4, -0.2) is 17.3 Å². The highest BCUT2D eigenvalue weighted by Crippen LogP contribution is 2.44. The summed E-state index contributed by atoms with van der Waals surface area (Å²) < 4.78 is 13.1. The molecule has 1 aliphatic rings. The first-order valence-corrected chi connectivity index (χ1v) is 12.1. The van der Waals surface area contributed by atoms with E-state index in [0.717, 1.165) is 56.0 Å². The minimum Gasteiger partial charge on any atom is -0.330 e. The quantitative estimate of drug-likeness (QED) is 0.384. The fourth-order valence-corrected chi connectivity index (χ4v) is 5.79. The highest BCUT2D eigenvalue weighted by atomic mass is 32.2. The molecule has 3 nitrogen and oxygen atoms in total. The summed E-state index contributed by atoms with van der Waals surface area (Å²) in [6, 6.07) is 29.5. The van der Waals surface area contributed by atoms with E-state index in [1.165, 1.54) is 11.1 Å². The van der Waals surface area contributed by atoms with Crippen LogP contribution >= 0.6 is 0 Å². The van der Waals surface area contributed by atoms with Crippen LogP contribution in [0.4, 0.5) is 0 Å². The molecule has 4 heteroatoms. The van der Waals surface area contributed by atoms with Crippen molar-refractivity contribution < 1.29 is 4.21 Å². The first kappa shape index (κ1) is 20.8. The minimum absolute atomic E-state index is 0.634. The number of hydrogen-bond acceptors (Lipinski definition) is 3. The van der Waals surface area contributed by atoms with Crippen molar-refractivity contribution in [2.24, 2.45) is 11.5 Å². The molecule has 0 fully saturated rings. The summed E-state index contributed by atoms with van der Waals surface area (Å²) in [5, 5.41) is 0. The van der Waals surface area contributed by atoms with Crippen molar-refractivity contribution in [2.75, 3.05) is 13.1 Å². The number of rotatable bonds is 6. The van der Waals surface area contributed by atoms with Gasteiger partial charge in [0.05, 0.1) is 20.6 Å². The van der Waals surface area contributed by atoms with Crippen molar-refractivity contribution in [2.45, 2.75) is 22.6 Å².